The molecule has 11 heavy (non-hydrogen) atoms. The molecule has 0 aliphatic carbocycles. The van der Waals surface area contributed by atoms with Crippen LogP contribution >= 0.6 is 0 Å². The third-order valence-electron chi connectivity index (χ3n) is 2.94. The average Bonchev–Trinajstić information content (AvgIpc) is 2.02. The zero-order valence-corrected chi connectivity index (χ0v) is 7.85. The van der Waals surface area contributed by atoms with Gasteiger partial charge in [0.1, 0.15) is 6.29 Å². The third kappa shape index (κ3) is 1.80. The van der Waals surface area contributed by atoms with E-state index in [1.807, 2.05) is 27.7 Å². The Balaban J connectivity index is 4.60. The molecule has 1 unspecified atom stereocenters. The van der Waals surface area contributed by atoms with Crippen molar-refractivity contribution in [3.05, 3.63) is 0 Å². The number of carbonyl (C=O) groups is 1. The molecule has 0 spiro atoms. The molecule has 1 atom stereocenters. The molecule has 0 rings (SSSR count). The number of carbonyl (C=O) groups excluding carboxylic acids is 1. The Morgan fingerprint density at radius 2 is 1.82 bits per heavy atom. The highest BCUT2D eigenvalue weighted by Gasteiger charge is 2.38. The quantitative estimate of drug-likeness (QED) is 0.631. The highest BCUT2D eigenvalue weighted by atomic mass is 16.3. The van der Waals surface area contributed by atoms with E-state index in [1.54, 1.807) is 0 Å². The van der Waals surface area contributed by atoms with Gasteiger partial charge in [0.25, 0.3) is 0 Å². The molecular formula is C9H18O2. The van der Waals surface area contributed by atoms with Crippen molar-refractivity contribution < 1.29 is 9.90 Å². The van der Waals surface area contributed by atoms with Gasteiger partial charge in [0, 0.05) is 12.0 Å². The molecule has 66 valence electrons. The summed E-state index contributed by atoms with van der Waals surface area (Å²) >= 11 is 0. The first-order valence-corrected chi connectivity index (χ1v) is 4.00. The normalized spacial score (nSPS) is 17.5. The van der Waals surface area contributed by atoms with Crippen molar-refractivity contribution >= 4 is 6.29 Å². The monoisotopic (exact) mass is 158 g/mol. The van der Waals surface area contributed by atoms with Crippen molar-refractivity contribution in [2.75, 3.05) is 6.61 Å². The number of rotatable bonds is 4. The predicted octanol–water partition coefficient (Wildman–Crippen LogP) is 1.62. The summed E-state index contributed by atoms with van der Waals surface area (Å²) in [5, 5.41) is 9.03. The molecule has 0 bridgehead atoms. The predicted molar refractivity (Wildman–Crippen MR) is 45.3 cm³/mol. The molecule has 0 aliphatic rings. The van der Waals surface area contributed by atoms with Crippen molar-refractivity contribution in [3.8, 4) is 0 Å². The molecule has 0 heterocycles. The van der Waals surface area contributed by atoms with Crippen LogP contribution in [0.2, 0.25) is 0 Å². The van der Waals surface area contributed by atoms with Crippen LogP contribution < -0.4 is 0 Å². The highest BCUT2D eigenvalue weighted by molar-refractivity contribution is 5.60. The topological polar surface area (TPSA) is 37.3 Å². The third-order valence-corrected chi connectivity index (χ3v) is 2.94. The summed E-state index contributed by atoms with van der Waals surface area (Å²) in [6.45, 7) is 7.72. The Morgan fingerprint density at radius 1 is 1.36 bits per heavy atom. The van der Waals surface area contributed by atoms with Gasteiger partial charge in [0.05, 0.1) is 0 Å². The van der Waals surface area contributed by atoms with Crippen molar-refractivity contribution in [2.24, 2.45) is 10.8 Å². The molecule has 2 nitrogen and oxygen atoms in total. The minimum absolute atomic E-state index is 0.0517. The standard InChI is InChI=1S/C9H18O2/c1-5-9(4,7-11)8(2,3)6-10/h7,10H,5-6H2,1-4H3. The molecule has 0 amide bonds. The number of hydrogen-bond acceptors (Lipinski definition) is 2. The first-order valence-electron chi connectivity index (χ1n) is 4.00. The smallest absolute Gasteiger partial charge is 0.126 e. The number of aliphatic hydroxyl groups excluding tert-OH is 1. The molecule has 0 aromatic heterocycles. The first-order chi connectivity index (χ1) is 4.93. The summed E-state index contributed by atoms with van der Waals surface area (Å²) in [6, 6.07) is 0. The van der Waals surface area contributed by atoms with Crippen molar-refractivity contribution in [1.29, 1.82) is 0 Å². The van der Waals surface area contributed by atoms with Gasteiger partial charge in [-0.1, -0.05) is 27.7 Å². The lowest BCUT2D eigenvalue weighted by molar-refractivity contribution is -0.123. The van der Waals surface area contributed by atoms with Gasteiger partial charge in [-0.25, -0.2) is 0 Å². The van der Waals surface area contributed by atoms with E-state index in [9.17, 15) is 4.79 Å². The SMILES string of the molecule is CCC(C)(C=O)C(C)(C)CO. The van der Waals surface area contributed by atoms with Gasteiger partial charge in [-0.05, 0) is 11.8 Å². The molecule has 1 N–H and O–H groups in total. The van der Waals surface area contributed by atoms with Crippen molar-refractivity contribution in [2.45, 2.75) is 34.1 Å². The largest absolute Gasteiger partial charge is 0.396 e. The van der Waals surface area contributed by atoms with Crippen molar-refractivity contribution in [3.63, 3.8) is 0 Å². The van der Waals surface area contributed by atoms with E-state index in [2.05, 4.69) is 0 Å². The Morgan fingerprint density at radius 3 is 1.91 bits per heavy atom. The molecule has 0 saturated carbocycles. The van der Waals surface area contributed by atoms with Crippen molar-refractivity contribution in [1.82, 2.24) is 0 Å². The van der Waals surface area contributed by atoms with Crippen LogP contribution in [0.1, 0.15) is 34.1 Å². The average molecular weight is 158 g/mol. The number of aldehydes is 1. The van der Waals surface area contributed by atoms with E-state index in [0.29, 0.717) is 0 Å². The van der Waals surface area contributed by atoms with E-state index >= 15 is 0 Å². The fourth-order valence-electron chi connectivity index (χ4n) is 0.902. The number of aliphatic hydroxyl groups is 1. The fraction of sp³-hybridized carbons (Fsp3) is 0.889. The maximum absolute atomic E-state index is 10.8. The van der Waals surface area contributed by atoms with Gasteiger partial charge in [0.2, 0.25) is 0 Å². The molecule has 2 heteroatoms. The number of hydrogen-bond donors (Lipinski definition) is 1. The Hall–Kier alpha value is -0.370. The summed E-state index contributed by atoms with van der Waals surface area (Å²) in [5.41, 5.74) is -0.717. The Kier molecular flexibility index (Phi) is 3.24. The maximum Gasteiger partial charge on any atom is 0.126 e. The minimum Gasteiger partial charge on any atom is -0.396 e. The molecular weight excluding hydrogens is 140 g/mol. The highest BCUT2D eigenvalue weighted by Crippen LogP contribution is 2.39. The molecule has 0 radical (unpaired) electrons. The summed E-state index contributed by atoms with van der Waals surface area (Å²) in [6.07, 6.45) is 1.72. The second-order valence-corrected chi connectivity index (χ2v) is 3.93. The van der Waals surface area contributed by atoms with E-state index in [1.165, 1.54) is 0 Å². The Bertz CT molecular complexity index is 140. The van der Waals surface area contributed by atoms with Crippen LogP contribution in [-0.4, -0.2) is 18.0 Å². The van der Waals surface area contributed by atoms with E-state index in [-0.39, 0.29) is 12.0 Å². The van der Waals surface area contributed by atoms with Crippen LogP contribution in [0.25, 0.3) is 0 Å². The van der Waals surface area contributed by atoms with Crippen LogP contribution in [0.15, 0.2) is 0 Å². The zero-order chi connectivity index (χ0) is 9.12. The summed E-state index contributed by atoms with van der Waals surface area (Å²) in [5.74, 6) is 0. The zero-order valence-electron chi connectivity index (χ0n) is 7.85. The molecule has 0 aromatic carbocycles. The van der Waals surface area contributed by atoms with Crippen LogP contribution in [0.4, 0.5) is 0 Å². The van der Waals surface area contributed by atoms with E-state index in [0.717, 1.165) is 12.7 Å². The summed E-state index contributed by atoms with van der Waals surface area (Å²) in [7, 11) is 0. The molecule has 0 saturated heterocycles. The Labute approximate surface area is 68.6 Å². The summed E-state index contributed by atoms with van der Waals surface area (Å²) in [4.78, 5) is 10.8. The lowest BCUT2D eigenvalue weighted by Crippen LogP contribution is -2.38. The van der Waals surface area contributed by atoms with Gasteiger partial charge in [-0.2, -0.15) is 0 Å². The van der Waals surface area contributed by atoms with E-state index < -0.39 is 5.41 Å². The van der Waals surface area contributed by atoms with Gasteiger partial charge < -0.3 is 9.90 Å². The first kappa shape index (κ1) is 10.6. The van der Waals surface area contributed by atoms with Gasteiger partial charge in [-0.15, -0.1) is 0 Å². The minimum atomic E-state index is -0.401. The lowest BCUT2D eigenvalue weighted by Gasteiger charge is -2.37. The van der Waals surface area contributed by atoms with Gasteiger partial charge in [0.15, 0.2) is 0 Å². The van der Waals surface area contributed by atoms with Crippen LogP contribution in [-0.2, 0) is 4.79 Å². The van der Waals surface area contributed by atoms with Crippen LogP contribution in [0.5, 0.6) is 0 Å². The fourth-order valence-corrected chi connectivity index (χ4v) is 0.902. The van der Waals surface area contributed by atoms with Crippen LogP contribution in [0, 0.1) is 10.8 Å². The summed E-state index contributed by atoms with van der Waals surface area (Å²) < 4.78 is 0. The maximum atomic E-state index is 10.8. The van der Waals surface area contributed by atoms with Crippen LogP contribution in [0.3, 0.4) is 0 Å². The molecule has 0 aliphatic heterocycles. The van der Waals surface area contributed by atoms with E-state index in [4.69, 9.17) is 5.11 Å². The van der Waals surface area contributed by atoms with Gasteiger partial charge in [-0.3, -0.25) is 0 Å². The molecule has 0 fully saturated rings. The van der Waals surface area contributed by atoms with Gasteiger partial charge >= 0.3 is 0 Å². The lowest BCUT2D eigenvalue weighted by atomic mass is 9.66. The molecule has 0 aromatic rings. The second kappa shape index (κ2) is 3.35. The second-order valence-electron chi connectivity index (χ2n) is 3.93.